The third kappa shape index (κ3) is 2.56. The van der Waals surface area contributed by atoms with Crippen LogP contribution in [0.5, 0.6) is 0 Å². The number of hydrogen-bond acceptors (Lipinski definition) is 2. The van der Waals surface area contributed by atoms with Crippen molar-refractivity contribution < 1.29 is 4.79 Å². The van der Waals surface area contributed by atoms with Gasteiger partial charge >= 0.3 is 0 Å². The second kappa shape index (κ2) is 4.75. The van der Waals surface area contributed by atoms with Gasteiger partial charge in [-0.15, -0.1) is 0 Å². The van der Waals surface area contributed by atoms with Gasteiger partial charge in [-0.25, -0.2) is 0 Å². The van der Waals surface area contributed by atoms with E-state index >= 15 is 0 Å². The predicted octanol–water partition coefficient (Wildman–Crippen LogP) is 2.13. The van der Waals surface area contributed by atoms with Crippen LogP contribution in [0.2, 0.25) is 0 Å². The molecule has 1 aromatic heterocycles. The van der Waals surface area contributed by atoms with Crippen molar-refractivity contribution in [1.82, 2.24) is 10.3 Å². The first-order valence-corrected chi connectivity index (χ1v) is 6.05. The Bertz CT molecular complexity index is 342. The van der Waals surface area contributed by atoms with Crippen molar-refractivity contribution in [3.8, 4) is 0 Å². The third-order valence-corrected chi connectivity index (χ3v) is 3.74. The van der Waals surface area contributed by atoms with Gasteiger partial charge < -0.3 is 5.32 Å². The zero-order valence-corrected chi connectivity index (χ0v) is 9.90. The number of pyridine rings is 1. The maximum atomic E-state index is 11.8. The molecule has 0 radical (unpaired) electrons. The van der Waals surface area contributed by atoms with Crippen LogP contribution in [-0.2, 0) is 0 Å². The molecule has 1 heterocycles. The highest BCUT2D eigenvalue weighted by atomic mass is 79.9. The first-order valence-electron chi connectivity index (χ1n) is 5.13. The Kier molecular flexibility index (Phi) is 3.36. The Balaban J connectivity index is 1.98. The number of carbonyl (C=O) groups excluding carboxylic acids is 1. The highest BCUT2D eigenvalue weighted by molar-refractivity contribution is 9.09. The van der Waals surface area contributed by atoms with Crippen molar-refractivity contribution in [2.24, 2.45) is 0 Å². The van der Waals surface area contributed by atoms with E-state index in [9.17, 15) is 4.79 Å². The van der Waals surface area contributed by atoms with Crippen molar-refractivity contribution >= 4 is 21.8 Å². The molecular weight excluding hydrogens is 256 g/mol. The molecule has 0 bridgehead atoms. The maximum Gasteiger partial charge on any atom is 0.270 e. The normalized spacial score (nSPS) is 25.1. The molecule has 0 saturated heterocycles. The van der Waals surface area contributed by atoms with Gasteiger partial charge in [-0.1, -0.05) is 28.4 Å². The Morgan fingerprint density at radius 2 is 2.33 bits per heavy atom. The van der Waals surface area contributed by atoms with E-state index in [-0.39, 0.29) is 11.9 Å². The Labute approximate surface area is 97.4 Å². The van der Waals surface area contributed by atoms with Gasteiger partial charge in [0.1, 0.15) is 5.69 Å². The van der Waals surface area contributed by atoms with Crippen molar-refractivity contribution in [1.29, 1.82) is 0 Å². The molecule has 0 spiro atoms. The van der Waals surface area contributed by atoms with E-state index in [2.05, 4.69) is 26.2 Å². The molecule has 2 unspecified atom stereocenters. The predicted molar refractivity (Wildman–Crippen MR) is 62.1 cm³/mol. The molecule has 1 fully saturated rings. The number of nitrogens with zero attached hydrogens (tertiary/aromatic N) is 1. The number of nitrogens with one attached hydrogen (secondary N) is 1. The molecule has 1 aromatic rings. The van der Waals surface area contributed by atoms with E-state index in [1.165, 1.54) is 6.42 Å². The summed E-state index contributed by atoms with van der Waals surface area (Å²) in [4.78, 5) is 16.2. The molecule has 0 aromatic carbocycles. The van der Waals surface area contributed by atoms with Gasteiger partial charge in [0.2, 0.25) is 0 Å². The minimum Gasteiger partial charge on any atom is -0.347 e. The summed E-state index contributed by atoms with van der Waals surface area (Å²) in [6.45, 7) is 0. The van der Waals surface area contributed by atoms with Gasteiger partial charge in [0.25, 0.3) is 5.91 Å². The minimum atomic E-state index is -0.0769. The molecule has 1 amide bonds. The fourth-order valence-corrected chi connectivity index (χ4v) is 2.54. The largest absolute Gasteiger partial charge is 0.347 e. The first kappa shape index (κ1) is 10.6. The summed E-state index contributed by atoms with van der Waals surface area (Å²) in [7, 11) is 0. The number of amides is 1. The van der Waals surface area contributed by atoms with Crippen LogP contribution >= 0.6 is 15.9 Å². The smallest absolute Gasteiger partial charge is 0.270 e. The van der Waals surface area contributed by atoms with Crippen molar-refractivity contribution in [3.63, 3.8) is 0 Å². The molecule has 1 aliphatic carbocycles. The zero-order valence-electron chi connectivity index (χ0n) is 8.32. The van der Waals surface area contributed by atoms with Gasteiger partial charge in [-0.2, -0.15) is 0 Å². The van der Waals surface area contributed by atoms with Crippen LogP contribution in [0, 0.1) is 0 Å². The van der Waals surface area contributed by atoms with E-state index in [1.807, 2.05) is 6.07 Å². The van der Waals surface area contributed by atoms with Crippen LogP contribution in [0.3, 0.4) is 0 Å². The van der Waals surface area contributed by atoms with E-state index in [0.717, 1.165) is 12.8 Å². The van der Waals surface area contributed by atoms with E-state index < -0.39 is 0 Å². The summed E-state index contributed by atoms with van der Waals surface area (Å²) in [5.74, 6) is -0.0769. The van der Waals surface area contributed by atoms with Crippen molar-refractivity contribution in [2.75, 3.05) is 0 Å². The fraction of sp³-hybridized carbons (Fsp3) is 0.455. The standard InChI is InChI=1S/C11H13BrN2O/c12-8-4-3-6-9(8)14-11(15)10-5-1-2-7-13-10/h1-2,5,7-9H,3-4,6H2,(H,14,15). The minimum absolute atomic E-state index is 0.0769. The van der Waals surface area contributed by atoms with Crippen molar-refractivity contribution in [3.05, 3.63) is 30.1 Å². The number of rotatable bonds is 2. The van der Waals surface area contributed by atoms with Crippen LogP contribution in [-0.4, -0.2) is 21.8 Å². The summed E-state index contributed by atoms with van der Waals surface area (Å²) >= 11 is 3.57. The van der Waals surface area contributed by atoms with Crippen LogP contribution in [0.15, 0.2) is 24.4 Å². The lowest BCUT2D eigenvalue weighted by Gasteiger charge is -2.15. The van der Waals surface area contributed by atoms with E-state index in [0.29, 0.717) is 10.5 Å². The van der Waals surface area contributed by atoms with E-state index in [1.54, 1.807) is 18.3 Å². The molecule has 1 N–H and O–H groups in total. The lowest BCUT2D eigenvalue weighted by Crippen LogP contribution is -2.38. The number of alkyl halides is 1. The highest BCUT2D eigenvalue weighted by Gasteiger charge is 2.26. The number of hydrogen-bond donors (Lipinski definition) is 1. The zero-order chi connectivity index (χ0) is 10.7. The monoisotopic (exact) mass is 268 g/mol. The summed E-state index contributed by atoms with van der Waals surface area (Å²) in [6.07, 6.45) is 4.99. The van der Waals surface area contributed by atoms with Crippen LogP contribution in [0.1, 0.15) is 29.8 Å². The summed E-state index contributed by atoms with van der Waals surface area (Å²) in [5, 5.41) is 3.00. The second-order valence-electron chi connectivity index (χ2n) is 3.74. The molecular formula is C11H13BrN2O. The lowest BCUT2D eigenvalue weighted by molar-refractivity contribution is 0.0934. The molecule has 1 saturated carbocycles. The third-order valence-electron chi connectivity index (χ3n) is 2.65. The second-order valence-corrected chi connectivity index (χ2v) is 4.92. The molecule has 15 heavy (non-hydrogen) atoms. The van der Waals surface area contributed by atoms with Crippen LogP contribution < -0.4 is 5.32 Å². The van der Waals surface area contributed by atoms with Crippen LogP contribution in [0.25, 0.3) is 0 Å². The lowest BCUT2D eigenvalue weighted by atomic mass is 10.2. The molecule has 2 rings (SSSR count). The number of carbonyl (C=O) groups is 1. The molecule has 1 aliphatic rings. The molecule has 80 valence electrons. The number of aromatic nitrogens is 1. The Morgan fingerprint density at radius 1 is 1.47 bits per heavy atom. The highest BCUT2D eigenvalue weighted by Crippen LogP contribution is 2.25. The van der Waals surface area contributed by atoms with Gasteiger partial charge in [0, 0.05) is 17.1 Å². The molecule has 3 nitrogen and oxygen atoms in total. The Hall–Kier alpha value is -0.900. The van der Waals surface area contributed by atoms with Gasteiger partial charge in [-0.05, 0) is 25.0 Å². The van der Waals surface area contributed by atoms with Gasteiger partial charge in [-0.3, -0.25) is 9.78 Å². The quantitative estimate of drug-likeness (QED) is 0.836. The van der Waals surface area contributed by atoms with Gasteiger partial charge in [0.05, 0.1) is 0 Å². The average molecular weight is 269 g/mol. The molecule has 4 heteroatoms. The molecule has 2 atom stereocenters. The summed E-state index contributed by atoms with van der Waals surface area (Å²) in [5.41, 5.74) is 0.490. The topological polar surface area (TPSA) is 42.0 Å². The average Bonchev–Trinajstić information content (AvgIpc) is 2.66. The summed E-state index contributed by atoms with van der Waals surface area (Å²) in [6, 6.07) is 5.61. The first-order chi connectivity index (χ1) is 7.27. The van der Waals surface area contributed by atoms with Crippen molar-refractivity contribution in [2.45, 2.75) is 30.1 Å². The molecule has 0 aliphatic heterocycles. The summed E-state index contributed by atoms with van der Waals surface area (Å²) < 4.78 is 0. The van der Waals surface area contributed by atoms with E-state index in [4.69, 9.17) is 0 Å². The SMILES string of the molecule is O=C(NC1CCCC1Br)c1ccccn1. The van der Waals surface area contributed by atoms with Crippen LogP contribution in [0.4, 0.5) is 0 Å². The Morgan fingerprint density at radius 3 is 2.93 bits per heavy atom. The van der Waals surface area contributed by atoms with Gasteiger partial charge in [0.15, 0.2) is 0 Å². The fourth-order valence-electron chi connectivity index (χ4n) is 1.82. The maximum absolute atomic E-state index is 11.8. The number of halogens is 1.